The van der Waals surface area contributed by atoms with Crippen molar-refractivity contribution < 1.29 is 19.0 Å². The SMILES string of the molecule is C=Cc1ccc(OC(=O)OCCCCOC(C)(C)C)cc1. The molecule has 0 aliphatic carbocycles. The Bertz CT molecular complexity index is 443. The van der Waals surface area contributed by atoms with Crippen LogP contribution in [0.2, 0.25) is 0 Å². The maximum Gasteiger partial charge on any atom is 0.513 e. The van der Waals surface area contributed by atoms with Gasteiger partial charge in [-0.1, -0.05) is 24.8 Å². The van der Waals surface area contributed by atoms with Crippen molar-refractivity contribution in [3.05, 3.63) is 36.4 Å². The van der Waals surface area contributed by atoms with E-state index in [0.717, 1.165) is 18.4 Å². The molecule has 4 heteroatoms. The molecule has 1 aromatic carbocycles. The van der Waals surface area contributed by atoms with Crippen LogP contribution in [0.1, 0.15) is 39.2 Å². The molecule has 4 nitrogen and oxygen atoms in total. The number of unbranched alkanes of at least 4 members (excludes halogenated alkanes) is 1. The number of carbonyl (C=O) groups excluding carboxylic acids is 1. The Morgan fingerprint density at radius 2 is 1.76 bits per heavy atom. The fourth-order valence-electron chi connectivity index (χ4n) is 1.54. The molecule has 0 saturated carbocycles. The van der Waals surface area contributed by atoms with Crippen molar-refractivity contribution in [1.82, 2.24) is 0 Å². The lowest BCUT2D eigenvalue weighted by Crippen LogP contribution is -2.20. The van der Waals surface area contributed by atoms with E-state index < -0.39 is 6.16 Å². The number of rotatable bonds is 7. The minimum Gasteiger partial charge on any atom is -0.434 e. The molecule has 0 atom stereocenters. The Hall–Kier alpha value is -1.81. The summed E-state index contributed by atoms with van der Waals surface area (Å²) >= 11 is 0. The van der Waals surface area contributed by atoms with E-state index in [4.69, 9.17) is 14.2 Å². The minimum absolute atomic E-state index is 0.128. The van der Waals surface area contributed by atoms with Crippen LogP contribution < -0.4 is 4.74 Å². The zero-order chi connectivity index (χ0) is 15.7. The van der Waals surface area contributed by atoms with Crippen molar-refractivity contribution in [2.45, 2.75) is 39.2 Å². The Morgan fingerprint density at radius 1 is 1.14 bits per heavy atom. The molecule has 1 rings (SSSR count). The van der Waals surface area contributed by atoms with E-state index in [1.807, 2.05) is 32.9 Å². The first-order chi connectivity index (χ1) is 9.90. The van der Waals surface area contributed by atoms with Crippen molar-refractivity contribution in [2.75, 3.05) is 13.2 Å². The largest absolute Gasteiger partial charge is 0.513 e. The van der Waals surface area contributed by atoms with Crippen molar-refractivity contribution in [1.29, 1.82) is 0 Å². The first-order valence-corrected chi connectivity index (χ1v) is 7.12. The smallest absolute Gasteiger partial charge is 0.434 e. The fourth-order valence-corrected chi connectivity index (χ4v) is 1.54. The summed E-state index contributed by atoms with van der Waals surface area (Å²) in [5, 5.41) is 0. The van der Waals surface area contributed by atoms with Gasteiger partial charge in [-0.05, 0) is 51.3 Å². The third-order valence-electron chi connectivity index (χ3n) is 2.61. The molecular weight excluding hydrogens is 268 g/mol. The summed E-state index contributed by atoms with van der Waals surface area (Å²) in [6.45, 7) is 10.7. The van der Waals surface area contributed by atoms with Crippen molar-refractivity contribution in [2.24, 2.45) is 0 Å². The average Bonchev–Trinajstić information content (AvgIpc) is 2.42. The molecule has 0 radical (unpaired) electrons. The van der Waals surface area contributed by atoms with Crippen LogP contribution in [0, 0.1) is 0 Å². The zero-order valence-electron chi connectivity index (χ0n) is 13.1. The highest BCUT2D eigenvalue weighted by atomic mass is 16.7. The topological polar surface area (TPSA) is 44.8 Å². The summed E-state index contributed by atoms with van der Waals surface area (Å²) in [4.78, 5) is 11.5. The summed E-state index contributed by atoms with van der Waals surface area (Å²) in [5.74, 6) is 0.460. The van der Waals surface area contributed by atoms with Crippen LogP contribution in [0.5, 0.6) is 5.75 Å². The van der Waals surface area contributed by atoms with Crippen molar-refractivity contribution in [3.8, 4) is 5.75 Å². The molecular formula is C17H24O4. The van der Waals surface area contributed by atoms with Crippen LogP contribution >= 0.6 is 0 Å². The zero-order valence-corrected chi connectivity index (χ0v) is 13.1. The maximum absolute atomic E-state index is 11.5. The van der Waals surface area contributed by atoms with E-state index in [9.17, 15) is 4.79 Å². The van der Waals surface area contributed by atoms with E-state index in [2.05, 4.69) is 6.58 Å². The molecule has 0 amide bonds. The van der Waals surface area contributed by atoms with Gasteiger partial charge in [-0.3, -0.25) is 0 Å². The molecule has 0 bridgehead atoms. The Kier molecular flexibility index (Phi) is 6.96. The number of hydrogen-bond acceptors (Lipinski definition) is 4. The lowest BCUT2D eigenvalue weighted by molar-refractivity contribution is -0.00667. The van der Waals surface area contributed by atoms with Gasteiger partial charge < -0.3 is 14.2 Å². The van der Waals surface area contributed by atoms with Crippen LogP contribution in [0.15, 0.2) is 30.8 Å². The maximum atomic E-state index is 11.5. The third-order valence-corrected chi connectivity index (χ3v) is 2.61. The van der Waals surface area contributed by atoms with Gasteiger partial charge in [-0.15, -0.1) is 0 Å². The van der Waals surface area contributed by atoms with Gasteiger partial charge in [0, 0.05) is 6.61 Å². The molecule has 21 heavy (non-hydrogen) atoms. The van der Waals surface area contributed by atoms with Gasteiger partial charge in [0.2, 0.25) is 0 Å². The Labute approximate surface area is 126 Å². The van der Waals surface area contributed by atoms with Crippen molar-refractivity contribution in [3.63, 3.8) is 0 Å². The molecule has 0 fully saturated rings. The quantitative estimate of drug-likeness (QED) is 0.423. The number of hydrogen-bond donors (Lipinski definition) is 0. The predicted molar refractivity (Wildman–Crippen MR) is 83.4 cm³/mol. The van der Waals surface area contributed by atoms with Crippen LogP contribution in [-0.4, -0.2) is 25.0 Å². The van der Waals surface area contributed by atoms with Gasteiger partial charge >= 0.3 is 6.16 Å². The van der Waals surface area contributed by atoms with Gasteiger partial charge in [0.1, 0.15) is 5.75 Å². The van der Waals surface area contributed by atoms with Gasteiger partial charge in [-0.25, -0.2) is 4.79 Å². The summed E-state index contributed by atoms with van der Waals surface area (Å²) in [6, 6.07) is 7.05. The summed E-state index contributed by atoms with van der Waals surface area (Å²) in [5.41, 5.74) is 0.840. The molecule has 0 unspecified atom stereocenters. The molecule has 0 aliphatic rings. The predicted octanol–water partition coefficient (Wildman–Crippen LogP) is 4.44. The first kappa shape index (κ1) is 17.2. The van der Waals surface area contributed by atoms with Crippen LogP contribution in [0.25, 0.3) is 6.08 Å². The third kappa shape index (κ3) is 8.15. The normalized spacial score (nSPS) is 11.0. The van der Waals surface area contributed by atoms with Crippen LogP contribution in [-0.2, 0) is 9.47 Å². The summed E-state index contributed by atoms with van der Waals surface area (Å²) in [6.07, 6.45) is 2.64. The van der Waals surface area contributed by atoms with E-state index in [0.29, 0.717) is 19.0 Å². The Morgan fingerprint density at radius 3 is 2.33 bits per heavy atom. The molecule has 0 spiro atoms. The standard InChI is InChI=1S/C17H24O4/c1-5-14-8-10-15(11-9-14)21-16(18)19-12-6-7-13-20-17(2,3)4/h5,8-11H,1,6-7,12-13H2,2-4H3. The summed E-state index contributed by atoms with van der Waals surface area (Å²) in [7, 11) is 0. The molecule has 0 aliphatic heterocycles. The monoisotopic (exact) mass is 292 g/mol. The van der Waals surface area contributed by atoms with Gasteiger partial charge in [0.25, 0.3) is 0 Å². The lowest BCUT2D eigenvalue weighted by Gasteiger charge is -2.19. The fraction of sp³-hybridized carbons (Fsp3) is 0.471. The molecule has 0 aromatic heterocycles. The van der Waals surface area contributed by atoms with Gasteiger partial charge in [-0.2, -0.15) is 0 Å². The second-order valence-corrected chi connectivity index (χ2v) is 5.64. The Balaban J connectivity index is 2.15. The van der Waals surface area contributed by atoms with Gasteiger partial charge in [0.05, 0.1) is 12.2 Å². The highest BCUT2D eigenvalue weighted by molar-refractivity contribution is 5.64. The van der Waals surface area contributed by atoms with E-state index in [1.165, 1.54) is 0 Å². The second kappa shape index (κ2) is 8.47. The molecule has 0 heterocycles. The van der Waals surface area contributed by atoms with E-state index in [-0.39, 0.29) is 5.60 Å². The van der Waals surface area contributed by atoms with Crippen molar-refractivity contribution >= 4 is 12.2 Å². The lowest BCUT2D eigenvalue weighted by atomic mass is 10.2. The number of ether oxygens (including phenoxy) is 3. The van der Waals surface area contributed by atoms with Crippen LogP contribution in [0.4, 0.5) is 4.79 Å². The molecule has 116 valence electrons. The highest BCUT2D eigenvalue weighted by Crippen LogP contribution is 2.13. The highest BCUT2D eigenvalue weighted by Gasteiger charge is 2.09. The second-order valence-electron chi connectivity index (χ2n) is 5.64. The van der Waals surface area contributed by atoms with Gasteiger partial charge in [0.15, 0.2) is 0 Å². The summed E-state index contributed by atoms with van der Waals surface area (Å²) < 4.78 is 15.6. The average molecular weight is 292 g/mol. The minimum atomic E-state index is -0.682. The number of benzene rings is 1. The molecule has 0 saturated heterocycles. The van der Waals surface area contributed by atoms with Crippen LogP contribution in [0.3, 0.4) is 0 Å². The molecule has 1 aromatic rings. The number of carbonyl (C=O) groups is 1. The van der Waals surface area contributed by atoms with E-state index in [1.54, 1.807) is 18.2 Å². The van der Waals surface area contributed by atoms with E-state index >= 15 is 0 Å². The molecule has 0 N–H and O–H groups in total. The first-order valence-electron chi connectivity index (χ1n) is 7.12.